The summed E-state index contributed by atoms with van der Waals surface area (Å²) < 4.78 is 48.8. The first-order valence-corrected chi connectivity index (χ1v) is 8.69. The summed E-state index contributed by atoms with van der Waals surface area (Å²) in [6, 6.07) is 12.5. The van der Waals surface area contributed by atoms with E-state index in [9.17, 15) is 13.2 Å². The second-order valence-electron chi connectivity index (χ2n) is 6.49. The van der Waals surface area contributed by atoms with Gasteiger partial charge in [-0.05, 0) is 38.2 Å². The maximum atomic E-state index is 12.6. The number of ether oxygens (including phenoxy) is 1. The number of aromatic nitrogens is 2. The molecule has 148 valence electrons. The number of hydrogen-bond donors (Lipinski definition) is 0. The number of likely N-dealkylation sites (N-methyl/N-ethyl adjacent to an activating group) is 1. The van der Waals surface area contributed by atoms with Crippen molar-refractivity contribution in [2.24, 2.45) is 0 Å². The smallest absolute Gasteiger partial charge is 0.416 e. The molecule has 0 aliphatic rings. The minimum atomic E-state index is -4.37. The molecular formula is C20H20F3N3O2. The van der Waals surface area contributed by atoms with Gasteiger partial charge in [0.1, 0.15) is 12.4 Å². The lowest BCUT2D eigenvalue weighted by Crippen LogP contribution is -2.24. The number of halogens is 3. The van der Waals surface area contributed by atoms with E-state index in [1.165, 1.54) is 17.7 Å². The Morgan fingerprint density at radius 3 is 2.36 bits per heavy atom. The molecule has 1 heterocycles. The lowest BCUT2D eigenvalue weighted by Gasteiger charge is -2.14. The third-order valence-corrected chi connectivity index (χ3v) is 4.11. The molecule has 5 nitrogen and oxygen atoms in total. The maximum absolute atomic E-state index is 12.6. The summed E-state index contributed by atoms with van der Waals surface area (Å²) in [6.07, 6.45) is -4.37. The molecule has 0 atom stereocenters. The van der Waals surface area contributed by atoms with Gasteiger partial charge in [-0.15, -0.1) is 0 Å². The summed E-state index contributed by atoms with van der Waals surface area (Å²) in [5.41, 5.74) is 0.923. The van der Waals surface area contributed by atoms with Gasteiger partial charge in [-0.3, -0.25) is 4.90 Å². The van der Waals surface area contributed by atoms with Crippen molar-refractivity contribution in [1.82, 2.24) is 15.0 Å². The van der Waals surface area contributed by atoms with Gasteiger partial charge in [0.15, 0.2) is 0 Å². The van der Waals surface area contributed by atoms with Gasteiger partial charge in [-0.25, -0.2) is 0 Å². The third kappa shape index (κ3) is 5.32. The molecule has 8 heteroatoms. The summed E-state index contributed by atoms with van der Waals surface area (Å²) in [6.45, 7) is 3.57. The molecule has 0 N–H and O–H groups in total. The van der Waals surface area contributed by atoms with Crippen molar-refractivity contribution < 1.29 is 22.4 Å². The molecule has 3 rings (SSSR count). The second-order valence-corrected chi connectivity index (χ2v) is 6.49. The zero-order valence-electron chi connectivity index (χ0n) is 15.5. The van der Waals surface area contributed by atoms with E-state index in [-0.39, 0.29) is 5.82 Å². The summed E-state index contributed by atoms with van der Waals surface area (Å²) in [5.74, 6) is 1.45. The molecule has 0 unspecified atom stereocenters. The number of alkyl halides is 3. The molecule has 0 spiro atoms. The maximum Gasteiger partial charge on any atom is 0.416 e. The van der Waals surface area contributed by atoms with Crippen LogP contribution >= 0.6 is 0 Å². The molecule has 0 bridgehead atoms. The quantitative estimate of drug-likeness (QED) is 0.590. The zero-order valence-corrected chi connectivity index (χ0v) is 15.5. The van der Waals surface area contributed by atoms with Crippen molar-refractivity contribution >= 4 is 0 Å². The Morgan fingerprint density at radius 1 is 1.04 bits per heavy atom. The van der Waals surface area contributed by atoms with Crippen LogP contribution < -0.4 is 4.74 Å². The molecule has 2 aromatic carbocycles. The van der Waals surface area contributed by atoms with Crippen molar-refractivity contribution in [2.45, 2.75) is 19.6 Å². The summed E-state index contributed by atoms with van der Waals surface area (Å²) in [4.78, 5) is 6.20. The van der Waals surface area contributed by atoms with Gasteiger partial charge in [-0.1, -0.05) is 35.0 Å². The van der Waals surface area contributed by atoms with Gasteiger partial charge in [0, 0.05) is 12.1 Å². The van der Waals surface area contributed by atoms with Crippen LogP contribution in [0.15, 0.2) is 53.1 Å². The number of nitrogens with zero attached hydrogens (tertiary/aromatic N) is 3. The molecular weight excluding hydrogens is 371 g/mol. The van der Waals surface area contributed by atoms with E-state index in [1.54, 1.807) is 0 Å². The summed E-state index contributed by atoms with van der Waals surface area (Å²) in [7, 11) is 1.89. The highest BCUT2D eigenvalue weighted by molar-refractivity contribution is 5.54. The lowest BCUT2D eigenvalue weighted by molar-refractivity contribution is -0.137. The molecule has 1 aromatic heterocycles. The van der Waals surface area contributed by atoms with Crippen molar-refractivity contribution in [3.8, 4) is 17.1 Å². The van der Waals surface area contributed by atoms with Gasteiger partial charge >= 0.3 is 6.18 Å². The van der Waals surface area contributed by atoms with Gasteiger partial charge in [0.2, 0.25) is 11.7 Å². The van der Waals surface area contributed by atoms with Gasteiger partial charge < -0.3 is 9.26 Å². The Hall–Kier alpha value is -2.87. The van der Waals surface area contributed by atoms with E-state index in [0.29, 0.717) is 31.2 Å². The van der Waals surface area contributed by atoms with Gasteiger partial charge in [-0.2, -0.15) is 18.2 Å². The van der Waals surface area contributed by atoms with Crippen LogP contribution in [0.2, 0.25) is 0 Å². The standard InChI is InChI=1S/C20H20F3N3O2/c1-14-3-9-17(10-4-14)27-12-11-26(2)13-18-24-19(25-28-18)15-5-7-16(8-6-15)20(21,22)23/h3-10H,11-13H2,1-2H3. The van der Waals surface area contributed by atoms with Crippen LogP contribution in [0.4, 0.5) is 13.2 Å². The van der Waals surface area contributed by atoms with Crippen LogP contribution in [0.25, 0.3) is 11.4 Å². The van der Waals surface area contributed by atoms with E-state index < -0.39 is 11.7 Å². The van der Waals surface area contributed by atoms with Gasteiger partial charge in [0.25, 0.3) is 0 Å². The minimum absolute atomic E-state index is 0.257. The number of aryl methyl sites for hydroxylation is 1. The molecule has 0 saturated heterocycles. The van der Waals surface area contributed by atoms with Crippen LogP contribution in [-0.4, -0.2) is 35.2 Å². The Labute approximate surface area is 160 Å². The molecule has 0 amide bonds. The SMILES string of the molecule is Cc1ccc(OCCN(C)Cc2nc(-c3ccc(C(F)(F)F)cc3)no2)cc1. The van der Waals surface area contributed by atoms with E-state index in [0.717, 1.165) is 17.9 Å². The van der Waals surface area contributed by atoms with Crippen molar-refractivity contribution in [3.63, 3.8) is 0 Å². The molecule has 0 fully saturated rings. The molecule has 0 saturated carbocycles. The van der Waals surface area contributed by atoms with E-state index in [2.05, 4.69) is 10.1 Å². The van der Waals surface area contributed by atoms with Crippen LogP contribution in [-0.2, 0) is 12.7 Å². The fraction of sp³-hybridized carbons (Fsp3) is 0.300. The molecule has 3 aromatic rings. The zero-order chi connectivity index (χ0) is 20.1. The Balaban J connectivity index is 1.51. The van der Waals surface area contributed by atoms with E-state index in [1.807, 2.05) is 43.1 Å². The largest absolute Gasteiger partial charge is 0.492 e. The van der Waals surface area contributed by atoms with Gasteiger partial charge in [0.05, 0.1) is 12.1 Å². The molecule has 0 radical (unpaired) electrons. The minimum Gasteiger partial charge on any atom is -0.492 e. The van der Waals surface area contributed by atoms with E-state index >= 15 is 0 Å². The highest BCUT2D eigenvalue weighted by Crippen LogP contribution is 2.30. The van der Waals surface area contributed by atoms with Crippen LogP contribution in [0.3, 0.4) is 0 Å². The third-order valence-electron chi connectivity index (χ3n) is 4.11. The van der Waals surface area contributed by atoms with Crippen molar-refractivity contribution in [3.05, 3.63) is 65.5 Å². The Morgan fingerprint density at radius 2 is 1.71 bits per heavy atom. The molecule has 28 heavy (non-hydrogen) atoms. The fourth-order valence-electron chi connectivity index (χ4n) is 2.51. The van der Waals surface area contributed by atoms with Crippen LogP contribution in [0, 0.1) is 6.92 Å². The average Bonchev–Trinajstić information content (AvgIpc) is 3.11. The first-order valence-electron chi connectivity index (χ1n) is 8.69. The Kier molecular flexibility index (Phi) is 5.99. The normalized spacial score (nSPS) is 11.8. The average molecular weight is 391 g/mol. The Bertz CT molecular complexity index is 890. The monoisotopic (exact) mass is 391 g/mol. The van der Waals surface area contributed by atoms with Crippen molar-refractivity contribution in [2.75, 3.05) is 20.2 Å². The number of benzene rings is 2. The first kappa shape index (κ1) is 19.9. The predicted octanol–water partition coefficient (Wildman–Crippen LogP) is 4.57. The van der Waals surface area contributed by atoms with Crippen molar-refractivity contribution in [1.29, 1.82) is 0 Å². The summed E-state index contributed by atoms with van der Waals surface area (Å²) in [5, 5.41) is 3.84. The van der Waals surface area contributed by atoms with Crippen LogP contribution in [0.1, 0.15) is 17.0 Å². The highest BCUT2D eigenvalue weighted by atomic mass is 19.4. The molecule has 0 aliphatic heterocycles. The summed E-state index contributed by atoms with van der Waals surface area (Å²) >= 11 is 0. The molecule has 0 aliphatic carbocycles. The van der Waals surface area contributed by atoms with Crippen LogP contribution in [0.5, 0.6) is 5.75 Å². The first-order chi connectivity index (χ1) is 13.3. The predicted molar refractivity (Wildman–Crippen MR) is 97.7 cm³/mol. The topological polar surface area (TPSA) is 51.4 Å². The number of hydrogen-bond acceptors (Lipinski definition) is 5. The lowest BCUT2D eigenvalue weighted by atomic mass is 10.1. The van der Waals surface area contributed by atoms with E-state index in [4.69, 9.17) is 9.26 Å². The fourth-order valence-corrected chi connectivity index (χ4v) is 2.51. The highest BCUT2D eigenvalue weighted by Gasteiger charge is 2.30. The number of rotatable bonds is 7. The second kappa shape index (κ2) is 8.43.